The lowest BCUT2D eigenvalue weighted by Crippen LogP contribution is -2.50. The Labute approximate surface area is 105 Å². The first-order valence-corrected chi connectivity index (χ1v) is 5.98. The Morgan fingerprint density at radius 2 is 2.44 bits per heavy atom. The highest BCUT2D eigenvalue weighted by molar-refractivity contribution is 5.92. The SMILES string of the molecule is CNC(=O)c1ncc(N2CCNC[C@H]2C)cc1F. The molecule has 1 aliphatic heterocycles. The molecule has 2 heterocycles. The Morgan fingerprint density at radius 3 is 3.06 bits per heavy atom. The van der Waals surface area contributed by atoms with Gasteiger partial charge in [-0.1, -0.05) is 0 Å². The molecule has 0 saturated carbocycles. The summed E-state index contributed by atoms with van der Waals surface area (Å²) in [5, 5.41) is 5.63. The Balaban J connectivity index is 2.25. The average Bonchev–Trinajstić information content (AvgIpc) is 2.38. The maximum atomic E-state index is 13.8. The van der Waals surface area contributed by atoms with Gasteiger partial charge in [0, 0.05) is 38.8 Å². The zero-order chi connectivity index (χ0) is 13.1. The number of carbonyl (C=O) groups is 1. The molecule has 0 spiro atoms. The van der Waals surface area contributed by atoms with Crippen molar-refractivity contribution < 1.29 is 9.18 Å². The summed E-state index contributed by atoms with van der Waals surface area (Å²) in [7, 11) is 1.45. The highest BCUT2D eigenvalue weighted by Gasteiger charge is 2.20. The van der Waals surface area contributed by atoms with E-state index in [2.05, 4.69) is 27.4 Å². The van der Waals surface area contributed by atoms with E-state index in [1.54, 1.807) is 6.20 Å². The Hall–Kier alpha value is -1.69. The fourth-order valence-corrected chi connectivity index (χ4v) is 2.09. The lowest BCUT2D eigenvalue weighted by atomic mass is 10.2. The molecule has 1 fully saturated rings. The maximum absolute atomic E-state index is 13.8. The molecule has 1 aliphatic rings. The maximum Gasteiger partial charge on any atom is 0.272 e. The van der Waals surface area contributed by atoms with Gasteiger partial charge in [0.25, 0.3) is 5.91 Å². The number of carbonyl (C=O) groups excluding carboxylic acids is 1. The van der Waals surface area contributed by atoms with Crippen molar-refractivity contribution in [2.75, 3.05) is 31.6 Å². The quantitative estimate of drug-likeness (QED) is 0.799. The number of aromatic nitrogens is 1. The number of amides is 1. The second-order valence-electron chi connectivity index (χ2n) is 4.35. The minimum absolute atomic E-state index is 0.163. The van der Waals surface area contributed by atoms with Gasteiger partial charge in [0.15, 0.2) is 11.5 Å². The van der Waals surface area contributed by atoms with Crippen LogP contribution in [0.15, 0.2) is 12.3 Å². The van der Waals surface area contributed by atoms with Crippen molar-refractivity contribution in [3.63, 3.8) is 0 Å². The number of piperazine rings is 1. The monoisotopic (exact) mass is 252 g/mol. The molecule has 0 bridgehead atoms. The van der Waals surface area contributed by atoms with Crippen LogP contribution in [0.2, 0.25) is 0 Å². The van der Waals surface area contributed by atoms with Crippen molar-refractivity contribution in [1.82, 2.24) is 15.6 Å². The van der Waals surface area contributed by atoms with Crippen LogP contribution in [-0.2, 0) is 0 Å². The van der Waals surface area contributed by atoms with Crippen LogP contribution in [0.3, 0.4) is 0 Å². The van der Waals surface area contributed by atoms with Crippen LogP contribution in [-0.4, -0.2) is 43.6 Å². The van der Waals surface area contributed by atoms with Crippen LogP contribution >= 0.6 is 0 Å². The summed E-state index contributed by atoms with van der Waals surface area (Å²) in [6.07, 6.45) is 1.55. The van der Waals surface area contributed by atoms with Crippen LogP contribution in [0.25, 0.3) is 0 Å². The summed E-state index contributed by atoms with van der Waals surface area (Å²) in [4.78, 5) is 17.3. The summed E-state index contributed by atoms with van der Waals surface area (Å²) in [6, 6.07) is 1.66. The largest absolute Gasteiger partial charge is 0.365 e. The van der Waals surface area contributed by atoms with Crippen molar-refractivity contribution in [1.29, 1.82) is 0 Å². The summed E-state index contributed by atoms with van der Waals surface area (Å²) in [5.74, 6) is -1.09. The van der Waals surface area contributed by atoms with Crippen molar-refractivity contribution in [2.45, 2.75) is 13.0 Å². The van der Waals surface area contributed by atoms with E-state index in [4.69, 9.17) is 0 Å². The van der Waals surface area contributed by atoms with Gasteiger partial charge in [-0.2, -0.15) is 0 Å². The molecule has 18 heavy (non-hydrogen) atoms. The van der Waals surface area contributed by atoms with Crippen LogP contribution in [0.5, 0.6) is 0 Å². The minimum atomic E-state index is -0.586. The van der Waals surface area contributed by atoms with E-state index < -0.39 is 11.7 Å². The number of nitrogens with zero attached hydrogens (tertiary/aromatic N) is 2. The van der Waals surface area contributed by atoms with Crippen LogP contribution < -0.4 is 15.5 Å². The van der Waals surface area contributed by atoms with Gasteiger partial charge in [-0.15, -0.1) is 0 Å². The molecule has 1 amide bonds. The van der Waals surface area contributed by atoms with Gasteiger partial charge in [-0.25, -0.2) is 9.37 Å². The van der Waals surface area contributed by atoms with Gasteiger partial charge in [0.05, 0.1) is 11.9 Å². The number of nitrogens with one attached hydrogen (secondary N) is 2. The van der Waals surface area contributed by atoms with Gasteiger partial charge >= 0.3 is 0 Å². The average molecular weight is 252 g/mol. The van der Waals surface area contributed by atoms with E-state index in [-0.39, 0.29) is 11.7 Å². The van der Waals surface area contributed by atoms with Gasteiger partial charge in [-0.3, -0.25) is 4.79 Å². The molecule has 2 N–H and O–H groups in total. The first-order chi connectivity index (χ1) is 8.63. The highest BCUT2D eigenvalue weighted by Crippen LogP contribution is 2.19. The Morgan fingerprint density at radius 1 is 1.67 bits per heavy atom. The summed E-state index contributed by atoms with van der Waals surface area (Å²) in [5.41, 5.74) is 0.554. The number of anilines is 1. The molecule has 6 heteroatoms. The minimum Gasteiger partial charge on any atom is -0.365 e. The zero-order valence-corrected chi connectivity index (χ0v) is 10.5. The van der Waals surface area contributed by atoms with E-state index in [9.17, 15) is 9.18 Å². The van der Waals surface area contributed by atoms with E-state index in [0.29, 0.717) is 5.69 Å². The van der Waals surface area contributed by atoms with E-state index >= 15 is 0 Å². The molecule has 1 atom stereocenters. The van der Waals surface area contributed by atoms with Crippen LogP contribution in [0.4, 0.5) is 10.1 Å². The summed E-state index contributed by atoms with van der Waals surface area (Å²) >= 11 is 0. The van der Waals surface area contributed by atoms with Crippen LogP contribution in [0, 0.1) is 5.82 Å². The molecule has 0 radical (unpaired) electrons. The molecular formula is C12H17FN4O. The van der Waals surface area contributed by atoms with Gasteiger partial charge in [0.1, 0.15) is 0 Å². The highest BCUT2D eigenvalue weighted by atomic mass is 19.1. The first-order valence-electron chi connectivity index (χ1n) is 5.98. The molecule has 0 aromatic carbocycles. The van der Waals surface area contributed by atoms with Crippen LogP contribution in [0.1, 0.15) is 17.4 Å². The normalized spacial score (nSPS) is 19.7. The van der Waals surface area contributed by atoms with Gasteiger partial charge < -0.3 is 15.5 Å². The Bertz CT molecular complexity index is 452. The number of pyridine rings is 1. The molecule has 5 nitrogen and oxygen atoms in total. The third-order valence-corrected chi connectivity index (χ3v) is 3.10. The smallest absolute Gasteiger partial charge is 0.272 e. The van der Waals surface area contributed by atoms with Crippen molar-refractivity contribution in [3.05, 3.63) is 23.8 Å². The molecule has 2 rings (SSSR count). The number of halogens is 1. The molecule has 1 saturated heterocycles. The molecular weight excluding hydrogens is 235 g/mol. The third kappa shape index (κ3) is 2.43. The zero-order valence-electron chi connectivity index (χ0n) is 10.5. The van der Waals surface area contributed by atoms with Gasteiger partial charge in [-0.05, 0) is 6.92 Å². The Kier molecular flexibility index (Phi) is 3.76. The second-order valence-corrected chi connectivity index (χ2v) is 4.35. The predicted octanol–water partition coefficient (Wildman–Crippen LogP) is 0.378. The van der Waals surface area contributed by atoms with Crippen molar-refractivity contribution >= 4 is 11.6 Å². The topological polar surface area (TPSA) is 57.3 Å². The van der Waals surface area contributed by atoms with E-state index in [0.717, 1.165) is 19.6 Å². The lowest BCUT2D eigenvalue weighted by Gasteiger charge is -2.35. The van der Waals surface area contributed by atoms with Crippen molar-refractivity contribution in [3.8, 4) is 0 Å². The molecule has 98 valence electrons. The molecule has 0 unspecified atom stereocenters. The van der Waals surface area contributed by atoms with Crippen molar-refractivity contribution in [2.24, 2.45) is 0 Å². The number of hydrogen-bond acceptors (Lipinski definition) is 4. The van der Waals surface area contributed by atoms with E-state index in [1.165, 1.54) is 13.1 Å². The van der Waals surface area contributed by atoms with Gasteiger partial charge in [0.2, 0.25) is 0 Å². The fraction of sp³-hybridized carbons (Fsp3) is 0.500. The standard InChI is InChI=1S/C12H17FN4O/c1-8-6-15-3-4-17(8)9-5-10(13)11(16-7-9)12(18)14-2/h5,7-8,15H,3-4,6H2,1-2H3,(H,14,18)/t8-/m1/s1. The second kappa shape index (κ2) is 5.30. The fourth-order valence-electron chi connectivity index (χ4n) is 2.09. The summed E-state index contributed by atoms with van der Waals surface area (Å²) in [6.45, 7) is 4.60. The molecule has 1 aromatic heterocycles. The predicted molar refractivity (Wildman–Crippen MR) is 67.3 cm³/mol. The first kappa shape index (κ1) is 12.8. The lowest BCUT2D eigenvalue weighted by molar-refractivity contribution is 0.0954. The number of hydrogen-bond donors (Lipinski definition) is 2. The molecule has 1 aromatic rings. The summed E-state index contributed by atoms with van der Waals surface area (Å²) < 4.78 is 13.8. The van der Waals surface area contributed by atoms with E-state index in [1.807, 2.05) is 0 Å². The third-order valence-electron chi connectivity index (χ3n) is 3.10. The number of rotatable bonds is 2. The molecule has 0 aliphatic carbocycles.